The third-order valence-electron chi connectivity index (χ3n) is 2.89. The molecule has 112 valence electrons. The van der Waals surface area contributed by atoms with Crippen molar-refractivity contribution in [2.75, 3.05) is 17.3 Å². The van der Waals surface area contributed by atoms with E-state index in [0.29, 0.717) is 5.56 Å². The van der Waals surface area contributed by atoms with Gasteiger partial charge in [0, 0.05) is 18.5 Å². The summed E-state index contributed by atoms with van der Waals surface area (Å²) >= 11 is 0. The van der Waals surface area contributed by atoms with Crippen LogP contribution in [-0.2, 0) is 16.4 Å². The second-order valence-corrected chi connectivity index (χ2v) is 6.64. The maximum absolute atomic E-state index is 13.6. The van der Waals surface area contributed by atoms with Crippen LogP contribution in [0.15, 0.2) is 41.3 Å². The van der Waals surface area contributed by atoms with Crippen LogP contribution in [0.1, 0.15) is 5.56 Å². The number of anilines is 2. The molecular formula is C14H14F2N2O2S. The van der Waals surface area contributed by atoms with Crippen molar-refractivity contribution in [3.63, 3.8) is 0 Å². The molecule has 0 atom stereocenters. The van der Waals surface area contributed by atoms with E-state index in [0.717, 1.165) is 18.4 Å². The number of nitrogens with two attached hydrogens (primary N) is 1. The van der Waals surface area contributed by atoms with Gasteiger partial charge in [0.05, 0.1) is 4.90 Å². The molecule has 21 heavy (non-hydrogen) atoms. The van der Waals surface area contributed by atoms with Gasteiger partial charge in [-0.25, -0.2) is 17.2 Å². The highest BCUT2D eigenvalue weighted by molar-refractivity contribution is 7.90. The normalized spacial score (nSPS) is 11.4. The van der Waals surface area contributed by atoms with Crippen LogP contribution in [0.3, 0.4) is 0 Å². The Morgan fingerprint density at radius 2 is 1.62 bits per heavy atom. The van der Waals surface area contributed by atoms with Gasteiger partial charge < -0.3 is 11.1 Å². The Labute approximate surface area is 121 Å². The first kappa shape index (κ1) is 15.2. The molecule has 0 unspecified atom stereocenters. The largest absolute Gasteiger partial charge is 0.399 e. The fourth-order valence-corrected chi connectivity index (χ4v) is 2.44. The lowest BCUT2D eigenvalue weighted by Gasteiger charge is -2.10. The highest BCUT2D eigenvalue weighted by Crippen LogP contribution is 2.22. The van der Waals surface area contributed by atoms with E-state index in [4.69, 9.17) is 5.73 Å². The zero-order valence-corrected chi connectivity index (χ0v) is 12.0. The van der Waals surface area contributed by atoms with Gasteiger partial charge in [-0.15, -0.1) is 0 Å². The van der Waals surface area contributed by atoms with E-state index < -0.39 is 21.5 Å². The molecule has 0 saturated carbocycles. The Morgan fingerprint density at radius 1 is 1.10 bits per heavy atom. The number of hydrogen-bond donors (Lipinski definition) is 2. The number of halogens is 2. The summed E-state index contributed by atoms with van der Waals surface area (Å²) in [6.07, 6.45) is 1.11. The molecule has 0 radical (unpaired) electrons. The molecule has 4 nitrogen and oxygen atoms in total. The quantitative estimate of drug-likeness (QED) is 0.851. The average Bonchev–Trinajstić information content (AvgIpc) is 2.37. The van der Waals surface area contributed by atoms with Gasteiger partial charge in [-0.05, 0) is 29.8 Å². The Kier molecular flexibility index (Phi) is 4.13. The van der Waals surface area contributed by atoms with Crippen LogP contribution < -0.4 is 11.1 Å². The first-order valence-corrected chi connectivity index (χ1v) is 7.94. The van der Waals surface area contributed by atoms with Crippen molar-refractivity contribution < 1.29 is 17.2 Å². The molecule has 0 spiro atoms. The molecule has 0 heterocycles. The van der Waals surface area contributed by atoms with Crippen molar-refractivity contribution >= 4 is 21.2 Å². The molecule has 0 aliphatic carbocycles. The summed E-state index contributed by atoms with van der Waals surface area (Å²) in [4.78, 5) is 0.191. The summed E-state index contributed by atoms with van der Waals surface area (Å²) in [5, 5.41) is 2.63. The minimum absolute atomic E-state index is 0.00746. The van der Waals surface area contributed by atoms with E-state index >= 15 is 0 Å². The number of rotatable bonds is 4. The van der Waals surface area contributed by atoms with Crippen LogP contribution in [0, 0.1) is 11.6 Å². The van der Waals surface area contributed by atoms with Crippen molar-refractivity contribution in [2.24, 2.45) is 0 Å². The summed E-state index contributed by atoms with van der Waals surface area (Å²) in [6, 6.07) is 8.10. The topological polar surface area (TPSA) is 72.2 Å². The zero-order chi connectivity index (χ0) is 15.6. The van der Waals surface area contributed by atoms with Crippen molar-refractivity contribution in [1.82, 2.24) is 0 Å². The standard InChI is InChI=1S/C14H14F2N2O2S/c1-21(19,20)11-4-2-9(3-5-11)8-18-14-12(15)6-10(17)7-13(14)16/h2-7,18H,8,17H2,1H3. The maximum atomic E-state index is 13.6. The Morgan fingerprint density at radius 3 is 2.10 bits per heavy atom. The molecule has 0 bridgehead atoms. The second-order valence-electron chi connectivity index (χ2n) is 4.63. The third-order valence-corrected chi connectivity index (χ3v) is 4.01. The molecule has 0 aliphatic rings. The summed E-state index contributed by atoms with van der Waals surface area (Å²) in [5.41, 5.74) is 5.76. The van der Waals surface area contributed by atoms with E-state index in [9.17, 15) is 17.2 Å². The molecule has 2 rings (SSSR count). The number of hydrogen-bond acceptors (Lipinski definition) is 4. The summed E-state index contributed by atoms with van der Waals surface area (Å²) in [5.74, 6) is -1.56. The summed E-state index contributed by atoms with van der Waals surface area (Å²) in [7, 11) is -3.26. The van der Waals surface area contributed by atoms with Crippen LogP contribution in [0.2, 0.25) is 0 Å². The van der Waals surface area contributed by atoms with Gasteiger partial charge in [0.15, 0.2) is 21.5 Å². The molecule has 0 aromatic heterocycles. The minimum atomic E-state index is -3.26. The van der Waals surface area contributed by atoms with Gasteiger partial charge in [0.2, 0.25) is 0 Å². The van der Waals surface area contributed by atoms with Gasteiger partial charge in [0.1, 0.15) is 5.69 Å². The number of sulfone groups is 1. The van der Waals surface area contributed by atoms with E-state index in [1.54, 1.807) is 12.1 Å². The zero-order valence-electron chi connectivity index (χ0n) is 11.2. The van der Waals surface area contributed by atoms with Crippen LogP contribution in [0.5, 0.6) is 0 Å². The fourth-order valence-electron chi connectivity index (χ4n) is 1.81. The van der Waals surface area contributed by atoms with Crippen molar-refractivity contribution in [1.29, 1.82) is 0 Å². The molecule has 0 amide bonds. The third kappa shape index (κ3) is 3.69. The first-order valence-electron chi connectivity index (χ1n) is 6.05. The average molecular weight is 312 g/mol. The lowest BCUT2D eigenvalue weighted by atomic mass is 10.2. The number of nitrogen functional groups attached to an aromatic ring is 1. The van der Waals surface area contributed by atoms with Gasteiger partial charge in [-0.2, -0.15) is 0 Å². The summed E-state index contributed by atoms with van der Waals surface area (Å²) in [6.45, 7) is 0.155. The predicted octanol–water partition coefficient (Wildman–Crippen LogP) is 2.56. The van der Waals surface area contributed by atoms with E-state index in [2.05, 4.69) is 5.32 Å². The second kappa shape index (κ2) is 5.69. The van der Waals surface area contributed by atoms with Gasteiger partial charge >= 0.3 is 0 Å². The highest BCUT2D eigenvalue weighted by Gasteiger charge is 2.10. The molecule has 2 aromatic rings. The summed E-state index contributed by atoms with van der Waals surface area (Å²) < 4.78 is 49.8. The highest BCUT2D eigenvalue weighted by atomic mass is 32.2. The molecule has 0 saturated heterocycles. The van der Waals surface area contributed by atoms with Crippen LogP contribution in [-0.4, -0.2) is 14.7 Å². The van der Waals surface area contributed by atoms with Crippen LogP contribution >= 0.6 is 0 Å². The lowest BCUT2D eigenvalue weighted by Crippen LogP contribution is -2.05. The number of nitrogens with one attached hydrogen (secondary N) is 1. The SMILES string of the molecule is CS(=O)(=O)c1ccc(CNc2c(F)cc(N)cc2F)cc1. The maximum Gasteiger partial charge on any atom is 0.175 e. The Bertz CT molecular complexity index is 736. The van der Waals surface area contributed by atoms with Crippen LogP contribution in [0.25, 0.3) is 0 Å². The fraction of sp³-hybridized carbons (Fsp3) is 0.143. The molecule has 2 aromatic carbocycles. The van der Waals surface area contributed by atoms with Crippen molar-refractivity contribution in [3.05, 3.63) is 53.6 Å². The van der Waals surface area contributed by atoms with Crippen LogP contribution in [0.4, 0.5) is 20.2 Å². The van der Waals surface area contributed by atoms with Gasteiger partial charge in [0.25, 0.3) is 0 Å². The minimum Gasteiger partial charge on any atom is -0.399 e. The van der Waals surface area contributed by atoms with Gasteiger partial charge in [-0.3, -0.25) is 0 Å². The number of benzene rings is 2. The Hall–Kier alpha value is -2.15. The lowest BCUT2D eigenvalue weighted by molar-refractivity contribution is 0.589. The molecule has 0 aliphatic heterocycles. The van der Waals surface area contributed by atoms with E-state index in [-0.39, 0.29) is 22.8 Å². The van der Waals surface area contributed by atoms with Crippen molar-refractivity contribution in [3.8, 4) is 0 Å². The van der Waals surface area contributed by atoms with E-state index in [1.807, 2.05) is 0 Å². The Balaban J connectivity index is 2.14. The first-order chi connectivity index (χ1) is 9.77. The monoisotopic (exact) mass is 312 g/mol. The predicted molar refractivity (Wildman–Crippen MR) is 77.6 cm³/mol. The van der Waals surface area contributed by atoms with E-state index in [1.165, 1.54) is 12.1 Å². The smallest absolute Gasteiger partial charge is 0.175 e. The molecule has 3 N–H and O–H groups in total. The van der Waals surface area contributed by atoms with Gasteiger partial charge in [-0.1, -0.05) is 12.1 Å². The molecule has 0 fully saturated rings. The molecular weight excluding hydrogens is 298 g/mol. The molecule has 7 heteroatoms. The van der Waals surface area contributed by atoms with Crippen molar-refractivity contribution in [2.45, 2.75) is 11.4 Å².